The lowest BCUT2D eigenvalue weighted by molar-refractivity contribution is -0.118. The molecule has 0 unspecified atom stereocenters. The summed E-state index contributed by atoms with van der Waals surface area (Å²) in [6, 6.07) is 12.7. The van der Waals surface area contributed by atoms with Gasteiger partial charge >= 0.3 is 0 Å². The number of amides is 2. The van der Waals surface area contributed by atoms with Crippen molar-refractivity contribution in [2.24, 2.45) is 5.92 Å². The Morgan fingerprint density at radius 1 is 0.931 bits per heavy atom. The predicted octanol–water partition coefficient (Wildman–Crippen LogP) is 4.05. The molecule has 2 aromatic rings. The third-order valence-corrected chi connectivity index (χ3v) is 4.25. The second-order valence-corrected chi connectivity index (χ2v) is 6.87. The number of benzene rings is 2. The average Bonchev–Trinajstić information content (AvgIpc) is 2.70. The second kappa shape index (κ2) is 11.1. The first-order chi connectivity index (χ1) is 13.9. The van der Waals surface area contributed by atoms with Gasteiger partial charge in [-0.15, -0.1) is 0 Å². The molecule has 0 fully saturated rings. The average molecular weight is 399 g/mol. The maximum Gasteiger partial charge on any atom is 0.251 e. The first-order valence-electron chi connectivity index (χ1n) is 10.0. The van der Waals surface area contributed by atoms with E-state index in [4.69, 9.17) is 9.47 Å². The molecule has 0 saturated heterocycles. The Bertz CT molecular complexity index is 816. The molecule has 2 amide bonds. The van der Waals surface area contributed by atoms with Crippen LogP contribution in [0.3, 0.4) is 0 Å². The smallest absolute Gasteiger partial charge is 0.251 e. The number of rotatable bonds is 10. The van der Waals surface area contributed by atoms with Gasteiger partial charge in [-0.3, -0.25) is 9.59 Å². The van der Waals surface area contributed by atoms with Gasteiger partial charge in [0.1, 0.15) is 0 Å². The van der Waals surface area contributed by atoms with Crippen molar-refractivity contribution in [2.75, 3.05) is 25.1 Å². The summed E-state index contributed by atoms with van der Waals surface area (Å²) in [5, 5.41) is 5.73. The van der Waals surface area contributed by atoms with E-state index >= 15 is 0 Å². The van der Waals surface area contributed by atoms with Gasteiger partial charge in [-0.25, -0.2) is 0 Å². The molecular formula is C23H30N2O4. The summed E-state index contributed by atoms with van der Waals surface area (Å²) in [6.45, 7) is 9.18. The highest BCUT2D eigenvalue weighted by Gasteiger charge is 2.10. The molecule has 0 radical (unpaired) electrons. The monoisotopic (exact) mass is 398 g/mol. The van der Waals surface area contributed by atoms with Crippen molar-refractivity contribution < 1.29 is 19.1 Å². The number of carbonyl (C=O) groups is 2. The Balaban J connectivity index is 1.89. The molecule has 2 rings (SSSR count). The summed E-state index contributed by atoms with van der Waals surface area (Å²) in [6.07, 6.45) is 0.681. The molecule has 0 saturated carbocycles. The third-order valence-electron chi connectivity index (χ3n) is 4.25. The fourth-order valence-corrected chi connectivity index (χ4v) is 2.66. The zero-order chi connectivity index (χ0) is 21.2. The van der Waals surface area contributed by atoms with Gasteiger partial charge in [0.25, 0.3) is 5.91 Å². The standard InChI is InChI=1S/C23H30N2O4/c1-5-28-20-12-7-17(15-21(20)29-6-2)13-14-24-23(27)18-8-10-19(11-9-18)25-22(26)16(3)4/h7-12,15-16H,5-6,13-14H2,1-4H3,(H,24,27)(H,25,26). The maximum atomic E-state index is 12.3. The molecule has 0 heterocycles. The van der Waals surface area contributed by atoms with Crippen molar-refractivity contribution in [3.63, 3.8) is 0 Å². The highest BCUT2D eigenvalue weighted by molar-refractivity contribution is 5.96. The van der Waals surface area contributed by atoms with Crippen LogP contribution >= 0.6 is 0 Å². The summed E-state index contributed by atoms with van der Waals surface area (Å²) in [4.78, 5) is 24.1. The summed E-state index contributed by atoms with van der Waals surface area (Å²) in [7, 11) is 0. The molecule has 0 bridgehead atoms. The quantitative estimate of drug-likeness (QED) is 0.633. The van der Waals surface area contributed by atoms with Crippen LogP contribution in [0.5, 0.6) is 11.5 Å². The SMILES string of the molecule is CCOc1ccc(CCNC(=O)c2ccc(NC(=O)C(C)C)cc2)cc1OCC. The fourth-order valence-electron chi connectivity index (χ4n) is 2.66. The van der Waals surface area contributed by atoms with Crippen LogP contribution in [0.15, 0.2) is 42.5 Å². The van der Waals surface area contributed by atoms with Crippen molar-refractivity contribution in [2.45, 2.75) is 34.1 Å². The number of nitrogens with one attached hydrogen (secondary N) is 2. The van der Waals surface area contributed by atoms with E-state index in [0.29, 0.717) is 37.4 Å². The number of hydrogen-bond acceptors (Lipinski definition) is 4. The predicted molar refractivity (Wildman–Crippen MR) is 115 cm³/mol. The second-order valence-electron chi connectivity index (χ2n) is 6.87. The van der Waals surface area contributed by atoms with E-state index in [1.807, 2.05) is 45.9 Å². The summed E-state index contributed by atoms with van der Waals surface area (Å²) >= 11 is 0. The lowest BCUT2D eigenvalue weighted by atomic mass is 10.1. The minimum atomic E-state index is -0.150. The number of anilines is 1. The highest BCUT2D eigenvalue weighted by Crippen LogP contribution is 2.28. The van der Waals surface area contributed by atoms with Crippen LogP contribution in [-0.4, -0.2) is 31.6 Å². The fraction of sp³-hybridized carbons (Fsp3) is 0.391. The molecular weight excluding hydrogens is 368 g/mol. The topological polar surface area (TPSA) is 76.7 Å². The van der Waals surface area contributed by atoms with Crippen molar-refractivity contribution in [3.05, 3.63) is 53.6 Å². The van der Waals surface area contributed by atoms with Crippen LogP contribution in [0.1, 0.15) is 43.6 Å². The Morgan fingerprint density at radius 2 is 1.59 bits per heavy atom. The van der Waals surface area contributed by atoms with Gasteiger partial charge in [0.15, 0.2) is 11.5 Å². The molecule has 0 aliphatic heterocycles. The van der Waals surface area contributed by atoms with E-state index in [1.165, 1.54) is 0 Å². The van der Waals surface area contributed by atoms with Gasteiger partial charge in [0.2, 0.25) is 5.91 Å². The zero-order valence-corrected chi connectivity index (χ0v) is 17.6. The van der Waals surface area contributed by atoms with Crippen LogP contribution in [0, 0.1) is 5.92 Å². The zero-order valence-electron chi connectivity index (χ0n) is 17.6. The van der Waals surface area contributed by atoms with Crippen molar-refractivity contribution in [3.8, 4) is 11.5 Å². The van der Waals surface area contributed by atoms with Crippen LogP contribution in [0.4, 0.5) is 5.69 Å². The summed E-state index contributed by atoms with van der Waals surface area (Å²) in [5.74, 6) is 1.15. The van der Waals surface area contributed by atoms with E-state index in [2.05, 4.69) is 10.6 Å². The first kappa shape index (κ1) is 22.3. The molecule has 6 nitrogen and oxygen atoms in total. The molecule has 0 aliphatic rings. The van der Waals surface area contributed by atoms with Crippen LogP contribution < -0.4 is 20.1 Å². The van der Waals surface area contributed by atoms with Gasteiger partial charge in [0.05, 0.1) is 13.2 Å². The number of hydrogen-bond donors (Lipinski definition) is 2. The van der Waals surface area contributed by atoms with Gasteiger partial charge < -0.3 is 20.1 Å². The van der Waals surface area contributed by atoms with Gasteiger partial charge in [-0.2, -0.15) is 0 Å². The minimum Gasteiger partial charge on any atom is -0.490 e. The van der Waals surface area contributed by atoms with Crippen LogP contribution in [-0.2, 0) is 11.2 Å². The van der Waals surface area contributed by atoms with Crippen LogP contribution in [0.2, 0.25) is 0 Å². The molecule has 2 aromatic carbocycles. The van der Waals surface area contributed by atoms with E-state index in [1.54, 1.807) is 24.3 Å². The van der Waals surface area contributed by atoms with Gasteiger partial charge in [-0.1, -0.05) is 19.9 Å². The molecule has 0 atom stereocenters. The molecule has 6 heteroatoms. The van der Waals surface area contributed by atoms with Crippen LogP contribution in [0.25, 0.3) is 0 Å². The first-order valence-corrected chi connectivity index (χ1v) is 10.0. The van der Waals surface area contributed by atoms with Crippen molar-refractivity contribution in [1.82, 2.24) is 5.32 Å². The third kappa shape index (κ3) is 6.82. The maximum absolute atomic E-state index is 12.3. The van der Waals surface area contributed by atoms with Crippen molar-refractivity contribution >= 4 is 17.5 Å². The van der Waals surface area contributed by atoms with Crippen molar-refractivity contribution in [1.29, 1.82) is 0 Å². The normalized spacial score (nSPS) is 10.5. The number of ether oxygens (including phenoxy) is 2. The molecule has 2 N–H and O–H groups in total. The lowest BCUT2D eigenvalue weighted by Gasteiger charge is -2.13. The van der Waals surface area contributed by atoms with E-state index in [-0.39, 0.29) is 17.7 Å². The van der Waals surface area contributed by atoms with E-state index in [9.17, 15) is 9.59 Å². The highest BCUT2D eigenvalue weighted by atomic mass is 16.5. The Kier molecular flexibility index (Phi) is 8.52. The van der Waals surface area contributed by atoms with Gasteiger partial charge in [-0.05, 0) is 62.2 Å². The molecule has 0 spiro atoms. The lowest BCUT2D eigenvalue weighted by Crippen LogP contribution is -2.25. The Morgan fingerprint density at radius 3 is 2.21 bits per heavy atom. The summed E-state index contributed by atoms with van der Waals surface area (Å²) in [5.41, 5.74) is 2.29. The summed E-state index contributed by atoms with van der Waals surface area (Å²) < 4.78 is 11.2. The Labute approximate surface area is 172 Å². The minimum absolute atomic E-state index is 0.0519. The molecule has 0 aliphatic carbocycles. The Hall–Kier alpha value is -3.02. The van der Waals surface area contributed by atoms with Gasteiger partial charge in [0, 0.05) is 23.7 Å². The number of carbonyl (C=O) groups excluding carboxylic acids is 2. The van der Waals surface area contributed by atoms with E-state index in [0.717, 1.165) is 17.1 Å². The molecule has 156 valence electrons. The van der Waals surface area contributed by atoms with E-state index < -0.39 is 0 Å². The molecule has 0 aromatic heterocycles. The largest absolute Gasteiger partial charge is 0.490 e. The molecule has 29 heavy (non-hydrogen) atoms.